The highest BCUT2D eigenvalue weighted by molar-refractivity contribution is 5.84. The fraction of sp³-hybridized carbons (Fsp3) is 0.857. The zero-order valence-electron chi connectivity index (χ0n) is 5.96. The van der Waals surface area contributed by atoms with Crippen LogP contribution in [0, 0.1) is 5.92 Å². The van der Waals surface area contributed by atoms with Crippen LogP contribution >= 0.6 is 0 Å². The first-order valence-electron chi connectivity index (χ1n) is 3.62. The topological polar surface area (TPSA) is 52.3 Å². The summed E-state index contributed by atoms with van der Waals surface area (Å²) in [5, 5.41) is 0. The predicted molar refractivity (Wildman–Crippen MR) is 35.2 cm³/mol. The van der Waals surface area contributed by atoms with Gasteiger partial charge in [0.05, 0.1) is 0 Å². The van der Waals surface area contributed by atoms with E-state index in [0.717, 1.165) is 12.8 Å². The molecule has 10 heavy (non-hydrogen) atoms. The Labute approximate surface area is 59.5 Å². The molecule has 0 aromatic rings. The molecular weight excluding hydrogens is 130 g/mol. The maximum absolute atomic E-state index is 11.0. The van der Waals surface area contributed by atoms with E-state index in [1.807, 2.05) is 0 Å². The smallest absolute Gasteiger partial charge is 0.326 e. The number of hydrogen-bond donors (Lipinski definition) is 1. The number of fused-ring (bicyclic) bond motifs is 2. The van der Waals surface area contributed by atoms with E-state index in [1.165, 1.54) is 0 Å². The average molecular weight is 141 g/mol. The highest BCUT2D eigenvalue weighted by Gasteiger charge is 2.55. The van der Waals surface area contributed by atoms with Gasteiger partial charge in [-0.1, -0.05) is 6.92 Å². The number of carbonyl (C=O) groups excluding carboxylic acids is 1. The van der Waals surface area contributed by atoms with Gasteiger partial charge in [0.15, 0.2) is 0 Å². The van der Waals surface area contributed by atoms with Gasteiger partial charge in [0.2, 0.25) is 0 Å². The molecular formula is C7H11NO2. The molecule has 0 radical (unpaired) electrons. The minimum atomic E-state index is -0.621. The van der Waals surface area contributed by atoms with Gasteiger partial charge >= 0.3 is 5.97 Å². The van der Waals surface area contributed by atoms with Gasteiger partial charge in [-0.15, -0.1) is 0 Å². The Morgan fingerprint density at radius 1 is 1.70 bits per heavy atom. The van der Waals surface area contributed by atoms with Gasteiger partial charge in [0.25, 0.3) is 0 Å². The first-order chi connectivity index (χ1) is 4.62. The van der Waals surface area contributed by atoms with E-state index in [0.29, 0.717) is 5.92 Å². The summed E-state index contributed by atoms with van der Waals surface area (Å²) >= 11 is 0. The quantitative estimate of drug-likeness (QED) is 0.484. The largest absolute Gasteiger partial charge is 0.461 e. The summed E-state index contributed by atoms with van der Waals surface area (Å²) < 4.78 is 5.01. The fourth-order valence-electron chi connectivity index (χ4n) is 1.93. The van der Waals surface area contributed by atoms with E-state index in [9.17, 15) is 4.79 Å². The zero-order chi connectivity index (χ0) is 7.35. The molecule has 0 aromatic heterocycles. The van der Waals surface area contributed by atoms with Crippen molar-refractivity contribution in [3.05, 3.63) is 0 Å². The second-order valence-corrected chi connectivity index (χ2v) is 3.49. The summed E-state index contributed by atoms with van der Waals surface area (Å²) in [4.78, 5) is 11.0. The number of hydrogen-bond acceptors (Lipinski definition) is 3. The molecule has 2 fully saturated rings. The Morgan fingerprint density at radius 3 is 2.70 bits per heavy atom. The van der Waals surface area contributed by atoms with E-state index in [1.54, 1.807) is 0 Å². The normalized spacial score (nSPS) is 51.6. The van der Waals surface area contributed by atoms with Crippen LogP contribution in [0.15, 0.2) is 0 Å². The standard InChI is InChI=1S/C7H11NO2/c1-4-2-7(8)3-5(4)10-6(7)9/h4-5H,2-3,8H2,1H3/t4-,5-,7+/m1/s1. The van der Waals surface area contributed by atoms with Gasteiger partial charge in [-0.05, 0) is 12.3 Å². The van der Waals surface area contributed by atoms with Crippen LogP contribution in [0.5, 0.6) is 0 Å². The second-order valence-electron chi connectivity index (χ2n) is 3.49. The van der Waals surface area contributed by atoms with Crippen molar-refractivity contribution in [1.82, 2.24) is 0 Å². The van der Waals surface area contributed by atoms with Crippen molar-refractivity contribution >= 4 is 5.97 Å². The molecule has 1 aliphatic heterocycles. The summed E-state index contributed by atoms with van der Waals surface area (Å²) in [5.74, 6) is 0.262. The molecule has 1 aliphatic carbocycles. The number of rotatable bonds is 0. The number of carbonyl (C=O) groups is 1. The molecule has 2 rings (SSSR count). The van der Waals surface area contributed by atoms with Crippen LogP contribution in [0.1, 0.15) is 19.8 Å². The van der Waals surface area contributed by atoms with Crippen LogP contribution in [0.2, 0.25) is 0 Å². The molecule has 2 N–H and O–H groups in total. The van der Waals surface area contributed by atoms with Gasteiger partial charge in [-0.3, -0.25) is 4.79 Å². The molecule has 1 heterocycles. The molecule has 56 valence electrons. The molecule has 1 saturated carbocycles. The van der Waals surface area contributed by atoms with Crippen molar-refractivity contribution in [2.45, 2.75) is 31.4 Å². The second kappa shape index (κ2) is 1.53. The average Bonchev–Trinajstić information content (AvgIpc) is 2.20. The van der Waals surface area contributed by atoms with Gasteiger partial charge < -0.3 is 10.5 Å². The molecule has 3 heteroatoms. The third kappa shape index (κ3) is 0.560. The van der Waals surface area contributed by atoms with E-state index in [4.69, 9.17) is 10.5 Å². The van der Waals surface area contributed by atoms with Crippen molar-refractivity contribution in [1.29, 1.82) is 0 Å². The number of ether oxygens (including phenoxy) is 1. The molecule has 3 atom stereocenters. The first-order valence-corrected chi connectivity index (χ1v) is 3.62. The SMILES string of the molecule is C[C@@H]1C[C@]2(N)C[C@H]1OC2=O. The lowest BCUT2D eigenvalue weighted by atomic mass is 9.98. The third-order valence-electron chi connectivity index (χ3n) is 2.55. The highest BCUT2D eigenvalue weighted by atomic mass is 16.6. The lowest BCUT2D eigenvalue weighted by Gasteiger charge is -2.21. The van der Waals surface area contributed by atoms with Crippen LogP contribution in [-0.2, 0) is 9.53 Å². The lowest BCUT2D eigenvalue weighted by molar-refractivity contribution is -0.151. The van der Waals surface area contributed by atoms with Crippen LogP contribution in [-0.4, -0.2) is 17.6 Å². The van der Waals surface area contributed by atoms with Crippen LogP contribution < -0.4 is 5.73 Å². The van der Waals surface area contributed by atoms with Crippen molar-refractivity contribution in [3.8, 4) is 0 Å². The monoisotopic (exact) mass is 141 g/mol. The van der Waals surface area contributed by atoms with E-state index in [-0.39, 0.29) is 12.1 Å². The molecule has 0 amide bonds. The summed E-state index contributed by atoms with van der Waals surface area (Å²) in [6.45, 7) is 2.08. The molecule has 2 bridgehead atoms. The summed E-state index contributed by atoms with van der Waals surface area (Å²) in [6.07, 6.45) is 1.64. The van der Waals surface area contributed by atoms with Crippen molar-refractivity contribution in [3.63, 3.8) is 0 Å². The third-order valence-corrected chi connectivity index (χ3v) is 2.55. The fourth-order valence-corrected chi connectivity index (χ4v) is 1.93. The minimum absolute atomic E-state index is 0.109. The van der Waals surface area contributed by atoms with Crippen molar-refractivity contribution in [2.24, 2.45) is 11.7 Å². The molecule has 3 nitrogen and oxygen atoms in total. The molecule has 2 aliphatic rings. The Bertz CT molecular complexity index is 188. The molecule has 0 spiro atoms. The van der Waals surface area contributed by atoms with Crippen molar-refractivity contribution in [2.75, 3.05) is 0 Å². The number of nitrogens with two attached hydrogens (primary N) is 1. The Morgan fingerprint density at radius 2 is 2.40 bits per heavy atom. The van der Waals surface area contributed by atoms with E-state index in [2.05, 4.69) is 6.92 Å². The van der Waals surface area contributed by atoms with Gasteiger partial charge in [0, 0.05) is 6.42 Å². The van der Waals surface area contributed by atoms with Gasteiger partial charge in [0.1, 0.15) is 11.6 Å². The maximum Gasteiger partial charge on any atom is 0.326 e. The first kappa shape index (κ1) is 6.16. The molecule has 0 unspecified atom stereocenters. The van der Waals surface area contributed by atoms with Gasteiger partial charge in [-0.2, -0.15) is 0 Å². The highest BCUT2D eigenvalue weighted by Crippen LogP contribution is 2.41. The van der Waals surface area contributed by atoms with Crippen LogP contribution in [0.4, 0.5) is 0 Å². The summed E-state index contributed by atoms with van der Waals surface area (Å²) in [7, 11) is 0. The Balaban J connectivity index is 2.29. The Hall–Kier alpha value is -0.570. The molecule has 1 saturated heterocycles. The number of esters is 1. The predicted octanol–water partition coefficient (Wildman–Crippen LogP) is 0.0392. The summed E-state index contributed by atoms with van der Waals surface area (Å²) in [5.41, 5.74) is 5.14. The lowest BCUT2D eigenvalue weighted by Crippen LogP contribution is -2.44. The van der Waals surface area contributed by atoms with Crippen molar-refractivity contribution < 1.29 is 9.53 Å². The van der Waals surface area contributed by atoms with Gasteiger partial charge in [-0.25, -0.2) is 0 Å². The van der Waals surface area contributed by atoms with Crippen LogP contribution in [0.3, 0.4) is 0 Å². The Kier molecular flexibility index (Phi) is 0.944. The minimum Gasteiger partial charge on any atom is -0.461 e. The maximum atomic E-state index is 11.0. The zero-order valence-corrected chi connectivity index (χ0v) is 5.96. The van der Waals surface area contributed by atoms with E-state index >= 15 is 0 Å². The van der Waals surface area contributed by atoms with Crippen LogP contribution in [0.25, 0.3) is 0 Å². The molecule has 0 aromatic carbocycles. The van der Waals surface area contributed by atoms with E-state index < -0.39 is 5.54 Å². The summed E-state index contributed by atoms with van der Waals surface area (Å²) in [6, 6.07) is 0.